The van der Waals surface area contributed by atoms with Crippen LogP contribution in [-0.4, -0.2) is 44.7 Å². The van der Waals surface area contributed by atoms with Gasteiger partial charge in [-0.3, -0.25) is 5.32 Å². The van der Waals surface area contributed by atoms with Crippen LogP contribution in [0.1, 0.15) is 17.5 Å². The number of carbonyl (C=O) groups is 2. The van der Waals surface area contributed by atoms with Gasteiger partial charge in [-0.05, 0) is 13.3 Å². The molecular formula is C11H15N3O3S2. The summed E-state index contributed by atoms with van der Waals surface area (Å²) in [7, 11) is 0. The van der Waals surface area contributed by atoms with Crippen LogP contribution < -0.4 is 5.32 Å². The van der Waals surface area contributed by atoms with E-state index in [0.717, 1.165) is 17.0 Å². The van der Waals surface area contributed by atoms with Crippen LogP contribution in [0.2, 0.25) is 0 Å². The molecule has 1 aromatic heterocycles. The van der Waals surface area contributed by atoms with Gasteiger partial charge in [0.05, 0.1) is 11.6 Å². The number of hydrogen-bond acceptors (Lipinski definition) is 5. The summed E-state index contributed by atoms with van der Waals surface area (Å²) < 4.78 is 0. The molecule has 2 heterocycles. The van der Waals surface area contributed by atoms with Crippen LogP contribution in [0.15, 0.2) is 0 Å². The number of rotatable bonds is 3. The minimum atomic E-state index is -0.968. The lowest BCUT2D eigenvalue weighted by atomic mass is 10.3. The van der Waals surface area contributed by atoms with Crippen LogP contribution in [0.3, 0.4) is 0 Å². The highest BCUT2D eigenvalue weighted by Crippen LogP contribution is 2.25. The molecule has 0 spiro atoms. The van der Waals surface area contributed by atoms with Gasteiger partial charge >= 0.3 is 12.0 Å². The maximum atomic E-state index is 12.0. The van der Waals surface area contributed by atoms with Gasteiger partial charge in [-0.15, -0.1) is 23.1 Å². The number of anilines is 1. The summed E-state index contributed by atoms with van der Waals surface area (Å²) in [5, 5.41) is 12.2. The van der Waals surface area contributed by atoms with Gasteiger partial charge in [-0.2, -0.15) is 0 Å². The van der Waals surface area contributed by atoms with E-state index >= 15 is 0 Å². The maximum Gasteiger partial charge on any atom is 0.327 e. The minimum Gasteiger partial charge on any atom is -0.480 e. The van der Waals surface area contributed by atoms with Crippen molar-refractivity contribution in [2.24, 2.45) is 0 Å². The lowest BCUT2D eigenvalue weighted by molar-refractivity contribution is -0.140. The molecule has 1 aliphatic rings. The number of amides is 2. The molecule has 2 N–H and O–H groups in total. The number of carbonyl (C=O) groups excluding carboxylic acids is 1. The molecule has 0 bridgehead atoms. The predicted octanol–water partition coefficient (Wildman–Crippen LogP) is 2.01. The Labute approximate surface area is 119 Å². The molecule has 6 nitrogen and oxygen atoms in total. The third-order valence-electron chi connectivity index (χ3n) is 2.87. The van der Waals surface area contributed by atoms with E-state index in [1.807, 2.05) is 13.8 Å². The zero-order valence-corrected chi connectivity index (χ0v) is 12.3. The van der Waals surface area contributed by atoms with Crippen LogP contribution in [0.25, 0.3) is 0 Å². The van der Waals surface area contributed by atoms with Gasteiger partial charge in [-0.25, -0.2) is 14.6 Å². The summed E-state index contributed by atoms with van der Waals surface area (Å²) in [5.41, 5.74) is 0.964. The second-order valence-corrected chi connectivity index (χ2v) is 6.33. The smallest absolute Gasteiger partial charge is 0.327 e. The lowest BCUT2D eigenvalue weighted by Gasteiger charge is -2.19. The molecule has 1 atom stereocenters. The van der Waals surface area contributed by atoms with Crippen molar-refractivity contribution in [1.82, 2.24) is 9.88 Å². The fourth-order valence-electron chi connectivity index (χ4n) is 1.82. The molecule has 8 heteroatoms. The highest BCUT2D eigenvalue weighted by Gasteiger charge is 2.34. The largest absolute Gasteiger partial charge is 0.480 e. The fraction of sp³-hybridized carbons (Fsp3) is 0.545. The van der Waals surface area contributed by atoms with Crippen molar-refractivity contribution >= 4 is 40.2 Å². The number of aryl methyl sites for hydroxylation is 2. The normalized spacial score (nSPS) is 18.6. The van der Waals surface area contributed by atoms with E-state index in [1.165, 1.54) is 28.0 Å². The number of nitrogens with one attached hydrogen (secondary N) is 1. The number of aromatic nitrogens is 1. The highest BCUT2D eigenvalue weighted by molar-refractivity contribution is 7.99. The monoisotopic (exact) mass is 301 g/mol. The molecule has 1 fully saturated rings. The molecule has 0 aliphatic carbocycles. The number of nitrogens with zero attached hydrogens (tertiary/aromatic N) is 2. The first kappa shape index (κ1) is 14.1. The minimum absolute atomic E-state index is 0.395. The summed E-state index contributed by atoms with van der Waals surface area (Å²) in [5.74, 6) is -0.141. The molecule has 1 aliphatic heterocycles. The van der Waals surface area contributed by atoms with Crippen LogP contribution in [0, 0.1) is 6.92 Å². The molecule has 1 saturated heterocycles. The fourth-order valence-corrected chi connectivity index (χ4v) is 3.86. The molecule has 19 heavy (non-hydrogen) atoms. The Morgan fingerprint density at radius 1 is 1.58 bits per heavy atom. The van der Waals surface area contributed by atoms with E-state index in [0.29, 0.717) is 16.8 Å². The number of carboxylic acids is 1. The number of carboxylic acid groups (broad SMARTS) is 1. The Kier molecular flexibility index (Phi) is 4.31. The third-order valence-corrected chi connectivity index (χ3v) is 4.81. The average molecular weight is 301 g/mol. The van der Waals surface area contributed by atoms with Crippen molar-refractivity contribution in [2.45, 2.75) is 26.3 Å². The topological polar surface area (TPSA) is 82.5 Å². The van der Waals surface area contributed by atoms with Crippen LogP contribution in [0.5, 0.6) is 0 Å². The predicted molar refractivity (Wildman–Crippen MR) is 75.8 cm³/mol. The molecule has 1 aromatic rings. The summed E-state index contributed by atoms with van der Waals surface area (Å²) in [6.07, 6.45) is 0.815. The van der Waals surface area contributed by atoms with Crippen LogP contribution in [-0.2, 0) is 11.2 Å². The molecule has 2 rings (SSSR count). The Balaban J connectivity index is 2.06. The summed E-state index contributed by atoms with van der Waals surface area (Å²) in [4.78, 5) is 29.8. The van der Waals surface area contributed by atoms with Gasteiger partial charge < -0.3 is 10.0 Å². The summed E-state index contributed by atoms with van der Waals surface area (Å²) >= 11 is 2.85. The third kappa shape index (κ3) is 3.01. The molecule has 104 valence electrons. The van der Waals surface area contributed by atoms with Gasteiger partial charge in [-0.1, -0.05) is 6.92 Å². The van der Waals surface area contributed by atoms with Crippen molar-refractivity contribution in [2.75, 3.05) is 16.9 Å². The van der Waals surface area contributed by atoms with Crippen LogP contribution in [0.4, 0.5) is 9.93 Å². The molecule has 2 amide bonds. The van der Waals surface area contributed by atoms with E-state index in [1.54, 1.807) is 0 Å². The Hall–Kier alpha value is -1.28. The first-order valence-electron chi connectivity index (χ1n) is 5.87. The van der Waals surface area contributed by atoms with Crippen molar-refractivity contribution in [1.29, 1.82) is 0 Å². The number of thioether (sulfide) groups is 1. The summed E-state index contributed by atoms with van der Waals surface area (Å²) in [6, 6.07) is -1.15. The molecular weight excluding hydrogens is 286 g/mol. The number of thiazole rings is 1. The van der Waals surface area contributed by atoms with Crippen molar-refractivity contribution in [3.05, 3.63) is 10.6 Å². The van der Waals surface area contributed by atoms with Crippen LogP contribution >= 0.6 is 23.1 Å². The van der Waals surface area contributed by atoms with E-state index in [2.05, 4.69) is 10.3 Å². The Bertz CT molecular complexity index is 503. The Morgan fingerprint density at radius 3 is 2.89 bits per heavy atom. The molecule has 0 aromatic carbocycles. The first-order chi connectivity index (χ1) is 9.02. The molecule has 0 radical (unpaired) electrons. The zero-order valence-electron chi connectivity index (χ0n) is 10.7. The second-order valence-electron chi connectivity index (χ2n) is 4.13. The summed E-state index contributed by atoms with van der Waals surface area (Å²) in [6.45, 7) is 3.96. The first-order valence-corrected chi connectivity index (χ1v) is 7.84. The Morgan fingerprint density at radius 2 is 2.32 bits per heavy atom. The lowest BCUT2D eigenvalue weighted by Crippen LogP contribution is -2.43. The average Bonchev–Trinajstić information content (AvgIpc) is 2.95. The standard InChI is InChI=1S/C11H15N3O3S2/c1-3-7-6(2)19-10(12-7)13-11(17)14-5-18-4-8(14)9(15)16/h8H,3-5H2,1-2H3,(H,15,16)(H,12,13,17). The SMILES string of the molecule is CCc1nc(NC(=O)N2CSCC2C(=O)O)sc1C. The number of urea groups is 1. The van der Waals surface area contributed by atoms with Crippen molar-refractivity contribution < 1.29 is 14.7 Å². The molecule has 1 unspecified atom stereocenters. The van der Waals surface area contributed by atoms with Crippen molar-refractivity contribution in [3.63, 3.8) is 0 Å². The molecule has 0 saturated carbocycles. The van der Waals surface area contributed by atoms with Gasteiger partial charge in [0.15, 0.2) is 5.13 Å². The zero-order chi connectivity index (χ0) is 14.0. The van der Waals surface area contributed by atoms with Crippen molar-refractivity contribution in [3.8, 4) is 0 Å². The highest BCUT2D eigenvalue weighted by atomic mass is 32.2. The quantitative estimate of drug-likeness (QED) is 0.892. The maximum absolute atomic E-state index is 12.0. The van der Waals surface area contributed by atoms with E-state index < -0.39 is 18.0 Å². The number of aliphatic carboxylic acids is 1. The van der Waals surface area contributed by atoms with Gasteiger partial charge in [0, 0.05) is 10.6 Å². The second kappa shape index (κ2) is 5.79. The van der Waals surface area contributed by atoms with Gasteiger partial charge in [0.1, 0.15) is 6.04 Å². The van der Waals surface area contributed by atoms with E-state index in [-0.39, 0.29) is 0 Å². The number of hydrogen-bond donors (Lipinski definition) is 2. The van der Waals surface area contributed by atoms with Gasteiger partial charge in [0.25, 0.3) is 0 Å². The van der Waals surface area contributed by atoms with E-state index in [4.69, 9.17) is 5.11 Å². The van der Waals surface area contributed by atoms with Gasteiger partial charge in [0.2, 0.25) is 0 Å². The van der Waals surface area contributed by atoms with E-state index in [9.17, 15) is 9.59 Å².